The topological polar surface area (TPSA) is 29.3 Å². The molecule has 80 valence electrons. The molecule has 3 heteroatoms. The minimum Gasteiger partial charge on any atom is -0.373 e. The Morgan fingerprint density at radius 1 is 1.40 bits per heavy atom. The Balaban J connectivity index is 2.82. The van der Waals surface area contributed by atoms with Crippen molar-refractivity contribution in [3.63, 3.8) is 0 Å². The lowest BCUT2D eigenvalue weighted by Crippen LogP contribution is -1.98. The van der Waals surface area contributed by atoms with Crippen molar-refractivity contribution >= 4 is 11.5 Å². The summed E-state index contributed by atoms with van der Waals surface area (Å²) in [5.74, 6) is 1.11. The van der Waals surface area contributed by atoms with E-state index >= 15 is 0 Å². The van der Waals surface area contributed by atoms with Crippen molar-refractivity contribution in [2.45, 2.75) is 27.2 Å². The summed E-state index contributed by atoms with van der Waals surface area (Å²) in [6.45, 7) is 6.34. The molecular weight excluding hydrogens is 186 g/mol. The predicted octanol–water partition coefficient (Wildman–Crippen LogP) is 2.56. The Hall–Kier alpha value is -1.51. The van der Waals surface area contributed by atoms with Crippen molar-refractivity contribution in [3.05, 3.63) is 29.1 Å². The predicted molar refractivity (Wildman–Crippen MR) is 63.6 cm³/mol. The van der Waals surface area contributed by atoms with Gasteiger partial charge in [0.15, 0.2) is 0 Å². The fourth-order valence-electron chi connectivity index (χ4n) is 2.04. The molecule has 0 spiro atoms. The zero-order valence-corrected chi connectivity index (χ0v) is 9.76. The molecule has 0 aliphatic heterocycles. The van der Waals surface area contributed by atoms with Gasteiger partial charge in [0.05, 0.1) is 5.69 Å². The van der Waals surface area contributed by atoms with Crippen molar-refractivity contribution in [1.29, 1.82) is 0 Å². The molecule has 0 radical (unpaired) electrons. The molecule has 0 saturated heterocycles. The first-order valence-corrected chi connectivity index (χ1v) is 5.33. The van der Waals surface area contributed by atoms with E-state index in [-0.39, 0.29) is 0 Å². The lowest BCUT2D eigenvalue weighted by Gasteiger charge is -2.04. The average Bonchev–Trinajstić information content (AvgIpc) is 2.55. The van der Waals surface area contributed by atoms with Gasteiger partial charge in [-0.15, -0.1) is 0 Å². The lowest BCUT2D eigenvalue weighted by molar-refractivity contribution is 1.07. The smallest absolute Gasteiger partial charge is 0.141 e. The average molecular weight is 203 g/mol. The van der Waals surface area contributed by atoms with Gasteiger partial charge in [-0.05, 0) is 31.4 Å². The minimum absolute atomic E-state index is 0.955. The van der Waals surface area contributed by atoms with E-state index in [0.717, 1.165) is 23.6 Å². The quantitative estimate of drug-likeness (QED) is 0.812. The molecule has 15 heavy (non-hydrogen) atoms. The number of hydrogen-bond acceptors (Lipinski definition) is 2. The standard InChI is InChI=1S/C12H17N3/c1-5-10-12(13-4)15-7-8(2)6-9(3)11(15)14-10/h6-7,13H,5H2,1-4H3. The van der Waals surface area contributed by atoms with Crippen molar-refractivity contribution in [1.82, 2.24) is 9.38 Å². The van der Waals surface area contributed by atoms with Crippen molar-refractivity contribution in [2.75, 3.05) is 12.4 Å². The molecule has 1 N–H and O–H groups in total. The molecule has 3 nitrogen and oxygen atoms in total. The lowest BCUT2D eigenvalue weighted by atomic mass is 10.2. The van der Waals surface area contributed by atoms with Crippen LogP contribution >= 0.6 is 0 Å². The maximum absolute atomic E-state index is 4.64. The van der Waals surface area contributed by atoms with E-state index in [4.69, 9.17) is 0 Å². The number of fused-ring (bicyclic) bond motifs is 1. The zero-order chi connectivity index (χ0) is 11.0. The fraction of sp³-hybridized carbons (Fsp3) is 0.417. The number of aryl methyl sites for hydroxylation is 3. The van der Waals surface area contributed by atoms with E-state index < -0.39 is 0 Å². The van der Waals surface area contributed by atoms with Crippen LogP contribution < -0.4 is 5.32 Å². The van der Waals surface area contributed by atoms with Crippen molar-refractivity contribution < 1.29 is 0 Å². The molecule has 0 aliphatic rings. The first-order chi connectivity index (χ1) is 7.17. The van der Waals surface area contributed by atoms with Gasteiger partial charge in [-0.25, -0.2) is 4.98 Å². The third-order valence-electron chi connectivity index (χ3n) is 2.68. The first-order valence-electron chi connectivity index (χ1n) is 5.33. The minimum atomic E-state index is 0.955. The second-order valence-electron chi connectivity index (χ2n) is 3.90. The van der Waals surface area contributed by atoms with Gasteiger partial charge in [0, 0.05) is 13.2 Å². The van der Waals surface area contributed by atoms with Crippen LogP contribution in [0.5, 0.6) is 0 Å². The van der Waals surface area contributed by atoms with Gasteiger partial charge in [-0.1, -0.05) is 13.0 Å². The molecule has 0 unspecified atom stereocenters. The van der Waals surface area contributed by atoms with E-state index in [9.17, 15) is 0 Å². The largest absolute Gasteiger partial charge is 0.373 e. The van der Waals surface area contributed by atoms with Crippen LogP contribution in [0.25, 0.3) is 5.65 Å². The van der Waals surface area contributed by atoms with Crippen LogP contribution in [0.15, 0.2) is 12.3 Å². The monoisotopic (exact) mass is 203 g/mol. The number of hydrogen-bond donors (Lipinski definition) is 1. The number of imidazole rings is 1. The van der Waals surface area contributed by atoms with Gasteiger partial charge in [-0.3, -0.25) is 4.40 Å². The van der Waals surface area contributed by atoms with Gasteiger partial charge in [0.25, 0.3) is 0 Å². The summed E-state index contributed by atoms with van der Waals surface area (Å²) in [6, 6.07) is 2.17. The van der Waals surface area contributed by atoms with Crippen LogP contribution in [-0.4, -0.2) is 16.4 Å². The maximum Gasteiger partial charge on any atom is 0.141 e. The SMILES string of the molecule is CCc1nc2c(C)cc(C)cn2c1NC. The summed E-state index contributed by atoms with van der Waals surface area (Å²) in [6.07, 6.45) is 3.08. The summed E-state index contributed by atoms with van der Waals surface area (Å²) in [5, 5.41) is 3.22. The van der Waals surface area contributed by atoms with E-state index in [2.05, 4.69) is 47.7 Å². The number of anilines is 1. The number of aromatic nitrogens is 2. The highest BCUT2D eigenvalue weighted by molar-refractivity contribution is 5.59. The molecule has 2 aromatic rings. The van der Waals surface area contributed by atoms with Crippen molar-refractivity contribution in [2.24, 2.45) is 0 Å². The number of nitrogens with zero attached hydrogens (tertiary/aromatic N) is 2. The van der Waals surface area contributed by atoms with Gasteiger partial charge >= 0.3 is 0 Å². The van der Waals surface area contributed by atoms with E-state index in [1.54, 1.807) is 0 Å². The van der Waals surface area contributed by atoms with Crippen LogP contribution in [0.3, 0.4) is 0 Å². The van der Waals surface area contributed by atoms with Crippen LogP contribution in [0.4, 0.5) is 5.82 Å². The fourth-order valence-corrected chi connectivity index (χ4v) is 2.04. The zero-order valence-electron chi connectivity index (χ0n) is 9.76. The van der Waals surface area contributed by atoms with Crippen LogP contribution in [0.2, 0.25) is 0 Å². The Bertz CT molecular complexity index is 497. The van der Waals surface area contributed by atoms with Crippen LogP contribution in [0, 0.1) is 13.8 Å². The van der Waals surface area contributed by atoms with Gasteiger partial charge in [0.2, 0.25) is 0 Å². The number of nitrogens with one attached hydrogen (secondary N) is 1. The highest BCUT2D eigenvalue weighted by Gasteiger charge is 2.10. The van der Waals surface area contributed by atoms with Crippen LogP contribution in [-0.2, 0) is 6.42 Å². The van der Waals surface area contributed by atoms with Gasteiger partial charge in [0.1, 0.15) is 11.5 Å². The third kappa shape index (κ3) is 1.48. The Kier molecular flexibility index (Phi) is 2.39. The second-order valence-corrected chi connectivity index (χ2v) is 3.90. The highest BCUT2D eigenvalue weighted by Crippen LogP contribution is 2.21. The highest BCUT2D eigenvalue weighted by atomic mass is 15.1. The van der Waals surface area contributed by atoms with Crippen LogP contribution in [0.1, 0.15) is 23.7 Å². The van der Waals surface area contributed by atoms with Gasteiger partial charge < -0.3 is 5.32 Å². The first kappa shape index (κ1) is 10.0. The van der Waals surface area contributed by atoms with Gasteiger partial charge in [-0.2, -0.15) is 0 Å². The summed E-state index contributed by atoms with van der Waals surface area (Å²) in [7, 11) is 1.94. The van der Waals surface area contributed by atoms with E-state index in [0.29, 0.717) is 0 Å². The molecule has 0 bridgehead atoms. The third-order valence-corrected chi connectivity index (χ3v) is 2.68. The molecule has 0 atom stereocenters. The molecule has 0 aliphatic carbocycles. The molecule has 2 rings (SSSR count). The molecule has 0 fully saturated rings. The molecule has 0 saturated carbocycles. The van der Waals surface area contributed by atoms with E-state index in [1.165, 1.54) is 11.1 Å². The number of pyridine rings is 1. The molecule has 0 aromatic carbocycles. The second kappa shape index (κ2) is 3.57. The summed E-state index contributed by atoms with van der Waals surface area (Å²) < 4.78 is 2.14. The molecule has 2 heterocycles. The number of rotatable bonds is 2. The summed E-state index contributed by atoms with van der Waals surface area (Å²) >= 11 is 0. The van der Waals surface area contributed by atoms with E-state index in [1.807, 2.05) is 7.05 Å². The Labute approximate surface area is 90.1 Å². The maximum atomic E-state index is 4.64. The summed E-state index contributed by atoms with van der Waals surface area (Å²) in [4.78, 5) is 4.64. The summed E-state index contributed by atoms with van der Waals surface area (Å²) in [5.41, 5.74) is 4.68. The normalized spacial score (nSPS) is 10.9. The Morgan fingerprint density at radius 2 is 2.13 bits per heavy atom. The van der Waals surface area contributed by atoms with Crippen molar-refractivity contribution in [3.8, 4) is 0 Å². The Morgan fingerprint density at radius 3 is 2.73 bits per heavy atom. The molecule has 0 amide bonds. The molecular formula is C12H17N3. The molecule has 2 aromatic heterocycles.